The van der Waals surface area contributed by atoms with Crippen molar-refractivity contribution < 1.29 is 9.18 Å². The Morgan fingerprint density at radius 1 is 1.33 bits per heavy atom. The number of carbonyl (C=O) groups is 1. The monoisotopic (exact) mass is 328 g/mol. The van der Waals surface area contributed by atoms with E-state index in [1.807, 2.05) is 0 Å². The van der Waals surface area contributed by atoms with Crippen LogP contribution in [0.25, 0.3) is 0 Å². The van der Waals surface area contributed by atoms with Crippen molar-refractivity contribution in [2.24, 2.45) is 5.84 Å². The summed E-state index contributed by atoms with van der Waals surface area (Å²) in [5.74, 6) is 3.34. The SMILES string of the molecule is Cc1cc(Cl)c(NC(=O)c2ccnc(NN)c2F)cc1Cl. The minimum atomic E-state index is -0.855. The number of halogens is 3. The molecule has 0 saturated heterocycles. The maximum atomic E-state index is 13.9. The van der Waals surface area contributed by atoms with Crippen LogP contribution in [0.5, 0.6) is 0 Å². The third kappa shape index (κ3) is 3.24. The van der Waals surface area contributed by atoms with Gasteiger partial charge in [0.1, 0.15) is 0 Å². The molecule has 1 amide bonds. The Balaban J connectivity index is 2.33. The van der Waals surface area contributed by atoms with Crippen LogP contribution in [0.4, 0.5) is 15.9 Å². The number of nitrogens with two attached hydrogens (primary N) is 1. The van der Waals surface area contributed by atoms with Gasteiger partial charge in [0, 0.05) is 11.2 Å². The lowest BCUT2D eigenvalue weighted by molar-refractivity contribution is 0.102. The van der Waals surface area contributed by atoms with E-state index in [0.29, 0.717) is 10.0 Å². The van der Waals surface area contributed by atoms with E-state index in [1.54, 1.807) is 13.0 Å². The lowest BCUT2D eigenvalue weighted by atomic mass is 10.2. The molecule has 0 bridgehead atoms. The minimum Gasteiger partial charge on any atom is -0.320 e. The molecule has 2 aromatic rings. The number of hydrogen-bond acceptors (Lipinski definition) is 4. The van der Waals surface area contributed by atoms with Crippen LogP contribution in [-0.2, 0) is 0 Å². The van der Waals surface area contributed by atoms with Crippen LogP contribution < -0.4 is 16.6 Å². The summed E-state index contributed by atoms with van der Waals surface area (Å²) in [6.45, 7) is 1.78. The largest absolute Gasteiger partial charge is 0.320 e. The van der Waals surface area contributed by atoms with Gasteiger partial charge in [-0.1, -0.05) is 23.2 Å². The molecule has 0 saturated carbocycles. The van der Waals surface area contributed by atoms with Crippen molar-refractivity contribution in [2.45, 2.75) is 6.92 Å². The quantitative estimate of drug-likeness (QED) is 0.596. The van der Waals surface area contributed by atoms with Crippen LogP contribution in [0.15, 0.2) is 24.4 Å². The maximum absolute atomic E-state index is 13.9. The second-order valence-corrected chi connectivity index (χ2v) is 5.02. The Hall–Kier alpha value is -1.89. The zero-order valence-corrected chi connectivity index (χ0v) is 12.4. The van der Waals surface area contributed by atoms with Gasteiger partial charge in [0.25, 0.3) is 5.91 Å². The van der Waals surface area contributed by atoms with Crippen molar-refractivity contribution in [1.82, 2.24) is 4.98 Å². The summed E-state index contributed by atoms with van der Waals surface area (Å²) in [4.78, 5) is 15.8. The number of hydrazine groups is 1. The normalized spacial score (nSPS) is 10.3. The number of anilines is 2. The molecule has 110 valence electrons. The van der Waals surface area contributed by atoms with Crippen molar-refractivity contribution >= 4 is 40.6 Å². The highest BCUT2D eigenvalue weighted by molar-refractivity contribution is 6.36. The van der Waals surface area contributed by atoms with Crippen molar-refractivity contribution in [3.63, 3.8) is 0 Å². The predicted octanol–water partition coefficient (Wildman–Crippen LogP) is 3.37. The molecule has 0 atom stereocenters. The first kappa shape index (κ1) is 15.5. The van der Waals surface area contributed by atoms with E-state index in [2.05, 4.69) is 15.7 Å². The molecule has 0 spiro atoms. The number of hydrogen-bond donors (Lipinski definition) is 3. The van der Waals surface area contributed by atoms with Gasteiger partial charge in [0.2, 0.25) is 0 Å². The number of nitrogens with one attached hydrogen (secondary N) is 2. The highest BCUT2D eigenvalue weighted by Gasteiger charge is 2.17. The molecule has 0 aliphatic carbocycles. The number of benzene rings is 1. The van der Waals surface area contributed by atoms with Gasteiger partial charge in [-0.2, -0.15) is 0 Å². The minimum absolute atomic E-state index is 0.217. The summed E-state index contributed by atoms with van der Waals surface area (Å²) < 4.78 is 13.9. The first-order valence-corrected chi connectivity index (χ1v) is 6.57. The summed E-state index contributed by atoms with van der Waals surface area (Å²) in [5, 5.41) is 3.24. The highest BCUT2D eigenvalue weighted by Crippen LogP contribution is 2.29. The average Bonchev–Trinajstić information content (AvgIpc) is 2.44. The third-order valence-electron chi connectivity index (χ3n) is 2.77. The number of rotatable bonds is 3. The number of nitrogen functional groups attached to an aromatic ring is 1. The molecule has 5 nitrogen and oxygen atoms in total. The van der Waals surface area contributed by atoms with Crippen LogP contribution in [-0.4, -0.2) is 10.9 Å². The topological polar surface area (TPSA) is 80.0 Å². The molecule has 0 unspecified atom stereocenters. The Morgan fingerprint density at radius 3 is 2.71 bits per heavy atom. The summed E-state index contributed by atoms with van der Waals surface area (Å²) in [6, 6.07) is 4.34. The molecule has 0 aliphatic rings. The summed E-state index contributed by atoms with van der Waals surface area (Å²) in [7, 11) is 0. The van der Waals surface area contributed by atoms with E-state index < -0.39 is 11.7 Å². The number of amides is 1. The van der Waals surface area contributed by atoms with E-state index in [0.717, 1.165) is 5.56 Å². The first-order chi connectivity index (χ1) is 9.93. The number of pyridine rings is 1. The molecule has 0 radical (unpaired) electrons. The van der Waals surface area contributed by atoms with Crippen LogP contribution in [0, 0.1) is 12.7 Å². The molecule has 4 N–H and O–H groups in total. The van der Waals surface area contributed by atoms with Crippen molar-refractivity contribution in [3.8, 4) is 0 Å². The molecular weight excluding hydrogens is 318 g/mol. The van der Waals surface area contributed by atoms with Gasteiger partial charge in [0.15, 0.2) is 11.6 Å². The van der Waals surface area contributed by atoms with Crippen LogP contribution in [0.2, 0.25) is 10.0 Å². The number of aromatic nitrogens is 1. The number of aryl methyl sites for hydroxylation is 1. The summed E-state index contributed by atoms with van der Waals surface area (Å²) in [6.07, 6.45) is 1.26. The maximum Gasteiger partial charge on any atom is 0.258 e. The molecular formula is C13H11Cl2FN4O. The molecule has 1 heterocycles. The summed E-state index contributed by atoms with van der Waals surface area (Å²) in [5.41, 5.74) is 2.91. The van der Waals surface area contributed by atoms with Crippen LogP contribution >= 0.6 is 23.2 Å². The van der Waals surface area contributed by atoms with Gasteiger partial charge >= 0.3 is 0 Å². The average molecular weight is 329 g/mol. The lowest BCUT2D eigenvalue weighted by Crippen LogP contribution is -2.17. The van der Waals surface area contributed by atoms with Crippen molar-refractivity contribution in [1.29, 1.82) is 0 Å². The van der Waals surface area contributed by atoms with E-state index in [-0.39, 0.29) is 17.1 Å². The Kier molecular flexibility index (Phi) is 4.62. The van der Waals surface area contributed by atoms with Gasteiger partial charge < -0.3 is 10.7 Å². The zero-order valence-electron chi connectivity index (χ0n) is 10.9. The van der Waals surface area contributed by atoms with Gasteiger partial charge in [-0.3, -0.25) is 4.79 Å². The van der Waals surface area contributed by atoms with Crippen molar-refractivity contribution in [2.75, 3.05) is 10.7 Å². The molecule has 0 fully saturated rings. The second kappa shape index (κ2) is 6.26. The smallest absolute Gasteiger partial charge is 0.258 e. The first-order valence-electron chi connectivity index (χ1n) is 5.82. The lowest BCUT2D eigenvalue weighted by Gasteiger charge is -2.10. The standard InChI is InChI=1S/C13H11Cl2FN4O/c1-6-4-9(15)10(5-8(6)14)19-13(21)7-2-3-18-12(20-17)11(7)16/h2-5H,17H2,1H3,(H,18,20)(H,19,21). The Labute approximate surface area is 130 Å². The van der Waals surface area contributed by atoms with E-state index in [4.69, 9.17) is 29.0 Å². The molecule has 1 aromatic heterocycles. The Bertz CT molecular complexity index is 709. The van der Waals surface area contributed by atoms with E-state index in [1.165, 1.54) is 18.3 Å². The second-order valence-electron chi connectivity index (χ2n) is 4.20. The fraction of sp³-hybridized carbons (Fsp3) is 0.0769. The van der Waals surface area contributed by atoms with Crippen LogP contribution in [0.1, 0.15) is 15.9 Å². The molecule has 8 heteroatoms. The number of carbonyl (C=O) groups excluding carboxylic acids is 1. The van der Waals surface area contributed by atoms with Gasteiger partial charge in [-0.05, 0) is 30.7 Å². The highest BCUT2D eigenvalue weighted by atomic mass is 35.5. The molecule has 2 rings (SSSR count). The fourth-order valence-corrected chi connectivity index (χ4v) is 2.08. The van der Waals surface area contributed by atoms with Gasteiger partial charge in [-0.15, -0.1) is 0 Å². The van der Waals surface area contributed by atoms with Crippen LogP contribution in [0.3, 0.4) is 0 Å². The van der Waals surface area contributed by atoms with Crippen molar-refractivity contribution in [3.05, 3.63) is 51.4 Å². The predicted molar refractivity (Wildman–Crippen MR) is 81.2 cm³/mol. The molecule has 0 aliphatic heterocycles. The van der Waals surface area contributed by atoms with Gasteiger partial charge in [-0.25, -0.2) is 15.2 Å². The van der Waals surface area contributed by atoms with E-state index >= 15 is 0 Å². The number of nitrogens with zero attached hydrogens (tertiary/aromatic N) is 1. The molecule has 1 aromatic carbocycles. The Morgan fingerprint density at radius 2 is 2.05 bits per heavy atom. The van der Waals surface area contributed by atoms with E-state index in [9.17, 15) is 9.18 Å². The fourth-order valence-electron chi connectivity index (χ4n) is 1.65. The third-order valence-corrected chi connectivity index (χ3v) is 3.49. The summed E-state index contributed by atoms with van der Waals surface area (Å²) >= 11 is 12.0. The van der Waals surface area contributed by atoms with Gasteiger partial charge in [0.05, 0.1) is 16.3 Å². The zero-order chi connectivity index (χ0) is 15.6. The molecule has 21 heavy (non-hydrogen) atoms.